The topological polar surface area (TPSA) is 21.3 Å². The predicted octanol–water partition coefficient (Wildman–Crippen LogP) is 2.97. The average Bonchev–Trinajstić information content (AvgIpc) is 2.29. The van der Waals surface area contributed by atoms with Crippen LogP contribution >= 0.6 is 0 Å². The molecule has 0 aliphatic rings. The number of ether oxygens (including phenoxy) is 1. The molecule has 0 radical (unpaired) electrons. The van der Waals surface area contributed by atoms with E-state index in [-0.39, 0.29) is 6.23 Å². The lowest BCUT2D eigenvalue weighted by Crippen LogP contribution is -2.24. The summed E-state index contributed by atoms with van der Waals surface area (Å²) in [5, 5.41) is 3.30. The molecular weight excluding hydrogens is 186 g/mol. The van der Waals surface area contributed by atoms with Gasteiger partial charge in [-0.3, -0.25) is 5.32 Å². The van der Waals surface area contributed by atoms with Gasteiger partial charge in [0.15, 0.2) is 0 Å². The maximum atomic E-state index is 5.65. The second kappa shape index (κ2) is 6.38. The molecule has 0 saturated carbocycles. The Labute approximate surface area is 92.0 Å². The first-order valence-electron chi connectivity index (χ1n) is 5.39. The molecule has 0 fully saturated rings. The summed E-state index contributed by atoms with van der Waals surface area (Å²) in [5.41, 5.74) is 2.27. The van der Waals surface area contributed by atoms with E-state index in [1.807, 2.05) is 31.2 Å². The molecule has 82 valence electrons. The normalized spacial score (nSPS) is 12.4. The maximum Gasteiger partial charge on any atom is 0.134 e. The fourth-order valence-corrected chi connectivity index (χ4v) is 1.55. The predicted molar refractivity (Wildman–Crippen MR) is 64.6 cm³/mol. The van der Waals surface area contributed by atoms with E-state index in [0.717, 1.165) is 17.7 Å². The van der Waals surface area contributed by atoms with E-state index in [2.05, 4.69) is 24.9 Å². The number of nitrogens with one attached hydrogen (secondary N) is 1. The van der Waals surface area contributed by atoms with Gasteiger partial charge in [-0.05, 0) is 19.0 Å². The molecule has 2 nitrogen and oxygen atoms in total. The van der Waals surface area contributed by atoms with Crippen LogP contribution in [0.2, 0.25) is 0 Å². The zero-order chi connectivity index (χ0) is 11.1. The third kappa shape index (κ3) is 3.18. The van der Waals surface area contributed by atoms with Crippen molar-refractivity contribution in [1.82, 2.24) is 5.32 Å². The van der Waals surface area contributed by atoms with E-state index in [1.54, 1.807) is 0 Å². The Morgan fingerprint density at radius 1 is 1.40 bits per heavy atom. The molecule has 0 aromatic heterocycles. The van der Waals surface area contributed by atoms with E-state index >= 15 is 0 Å². The summed E-state index contributed by atoms with van der Waals surface area (Å²) >= 11 is 0. The molecular formula is C13H19NO. The Hall–Kier alpha value is -1.12. The van der Waals surface area contributed by atoms with Crippen molar-refractivity contribution in [3.05, 3.63) is 42.0 Å². The summed E-state index contributed by atoms with van der Waals surface area (Å²) in [6.07, 6.45) is 1.83. The molecule has 0 amide bonds. The van der Waals surface area contributed by atoms with Crippen molar-refractivity contribution in [1.29, 1.82) is 0 Å². The van der Waals surface area contributed by atoms with Gasteiger partial charge in [0.2, 0.25) is 0 Å². The van der Waals surface area contributed by atoms with Crippen molar-refractivity contribution in [2.75, 3.05) is 13.2 Å². The summed E-state index contributed by atoms with van der Waals surface area (Å²) in [5.74, 6) is 0. The van der Waals surface area contributed by atoms with Crippen molar-refractivity contribution in [2.24, 2.45) is 0 Å². The Balaban J connectivity index is 2.92. The third-order valence-corrected chi connectivity index (χ3v) is 2.22. The second-order valence-electron chi connectivity index (χ2n) is 3.23. The van der Waals surface area contributed by atoms with Crippen molar-refractivity contribution in [3.8, 4) is 0 Å². The molecule has 0 spiro atoms. The standard InChI is InChI=1S/C13H19NO/c1-4-11-9-7-8-10-12(11)13(14-5-2)15-6-3/h4,7-10,13-14H,1,5-6H2,2-3H3. The summed E-state index contributed by atoms with van der Waals surface area (Å²) in [6.45, 7) is 9.47. The van der Waals surface area contributed by atoms with Crippen molar-refractivity contribution in [2.45, 2.75) is 20.1 Å². The van der Waals surface area contributed by atoms with Crippen LogP contribution in [0.5, 0.6) is 0 Å². The first kappa shape index (κ1) is 12.0. The van der Waals surface area contributed by atoms with Crippen LogP contribution in [0, 0.1) is 0 Å². The van der Waals surface area contributed by atoms with Crippen LogP contribution in [-0.4, -0.2) is 13.2 Å². The van der Waals surface area contributed by atoms with Crippen LogP contribution < -0.4 is 5.32 Å². The summed E-state index contributed by atoms with van der Waals surface area (Å²) in [7, 11) is 0. The molecule has 1 unspecified atom stereocenters. The van der Waals surface area contributed by atoms with Gasteiger partial charge >= 0.3 is 0 Å². The quantitative estimate of drug-likeness (QED) is 0.721. The zero-order valence-electron chi connectivity index (χ0n) is 9.49. The molecule has 15 heavy (non-hydrogen) atoms. The molecule has 0 aliphatic heterocycles. The van der Waals surface area contributed by atoms with Gasteiger partial charge in [0.05, 0.1) is 0 Å². The van der Waals surface area contributed by atoms with E-state index in [9.17, 15) is 0 Å². The van der Waals surface area contributed by atoms with Crippen LogP contribution in [0.1, 0.15) is 31.2 Å². The van der Waals surface area contributed by atoms with Gasteiger partial charge in [-0.1, -0.05) is 43.8 Å². The van der Waals surface area contributed by atoms with E-state index in [4.69, 9.17) is 4.74 Å². The fraction of sp³-hybridized carbons (Fsp3) is 0.385. The van der Waals surface area contributed by atoms with Crippen molar-refractivity contribution < 1.29 is 4.74 Å². The van der Waals surface area contributed by atoms with Crippen LogP contribution in [0.25, 0.3) is 6.08 Å². The molecule has 1 aromatic rings. The minimum atomic E-state index is -0.0331. The number of hydrogen-bond donors (Lipinski definition) is 1. The maximum absolute atomic E-state index is 5.65. The fourth-order valence-electron chi connectivity index (χ4n) is 1.55. The Morgan fingerprint density at radius 2 is 2.13 bits per heavy atom. The highest BCUT2D eigenvalue weighted by atomic mass is 16.5. The van der Waals surface area contributed by atoms with Crippen molar-refractivity contribution in [3.63, 3.8) is 0 Å². The number of hydrogen-bond acceptors (Lipinski definition) is 2. The summed E-state index contributed by atoms with van der Waals surface area (Å²) < 4.78 is 5.65. The van der Waals surface area contributed by atoms with E-state index in [0.29, 0.717) is 6.61 Å². The zero-order valence-corrected chi connectivity index (χ0v) is 9.49. The Kier molecular flexibility index (Phi) is 5.08. The van der Waals surface area contributed by atoms with E-state index < -0.39 is 0 Å². The number of rotatable bonds is 6. The van der Waals surface area contributed by atoms with Crippen LogP contribution in [0.3, 0.4) is 0 Å². The van der Waals surface area contributed by atoms with Crippen LogP contribution in [0.4, 0.5) is 0 Å². The third-order valence-electron chi connectivity index (χ3n) is 2.22. The highest BCUT2D eigenvalue weighted by molar-refractivity contribution is 5.52. The van der Waals surface area contributed by atoms with Crippen LogP contribution in [0.15, 0.2) is 30.8 Å². The number of benzene rings is 1. The highest BCUT2D eigenvalue weighted by Gasteiger charge is 2.11. The molecule has 0 heterocycles. The molecule has 1 rings (SSSR count). The largest absolute Gasteiger partial charge is 0.359 e. The first-order valence-corrected chi connectivity index (χ1v) is 5.39. The Bertz CT molecular complexity index is 303. The minimum Gasteiger partial charge on any atom is -0.359 e. The summed E-state index contributed by atoms with van der Waals surface area (Å²) in [4.78, 5) is 0. The lowest BCUT2D eigenvalue weighted by Gasteiger charge is -2.20. The molecule has 0 aliphatic carbocycles. The lowest BCUT2D eigenvalue weighted by molar-refractivity contribution is 0.0385. The first-order chi connectivity index (χ1) is 7.33. The Morgan fingerprint density at radius 3 is 2.73 bits per heavy atom. The molecule has 2 heteroatoms. The summed E-state index contributed by atoms with van der Waals surface area (Å²) in [6, 6.07) is 8.15. The molecule has 1 N–H and O–H groups in total. The monoisotopic (exact) mass is 205 g/mol. The van der Waals surface area contributed by atoms with Gasteiger partial charge in [-0.15, -0.1) is 0 Å². The van der Waals surface area contributed by atoms with Gasteiger partial charge in [0, 0.05) is 12.2 Å². The average molecular weight is 205 g/mol. The smallest absolute Gasteiger partial charge is 0.134 e. The minimum absolute atomic E-state index is 0.0331. The van der Waals surface area contributed by atoms with Gasteiger partial charge in [0.1, 0.15) is 6.23 Å². The molecule has 1 atom stereocenters. The van der Waals surface area contributed by atoms with Crippen molar-refractivity contribution >= 4 is 6.08 Å². The molecule has 1 aromatic carbocycles. The van der Waals surface area contributed by atoms with Gasteiger partial charge in [-0.2, -0.15) is 0 Å². The molecule has 0 saturated heterocycles. The van der Waals surface area contributed by atoms with Crippen LogP contribution in [-0.2, 0) is 4.74 Å². The lowest BCUT2D eigenvalue weighted by atomic mass is 10.1. The molecule has 0 bridgehead atoms. The van der Waals surface area contributed by atoms with E-state index in [1.165, 1.54) is 0 Å². The van der Waals surface area contributed by atoms with Gasteiger partial charge in [0.25, 0.3) is 0 Å². The SMILES string of the molecule is C=Cc1ccccc1C(NCC)OCC. The van der Waals surface area contributed by atoms with Gasteiger partial charge in [-0.25, -0.2) is 0 Å². The van der Waals surface area contributed by atoms with Gasteiger partial charge < -0.3 is 4.74 Å². The second-order valence-corrected chi connectivity index (χ2v) is 3.23. The highest BCUT2D eigenvalue weighted by Crippen LogP contribution is 2.19.